The van der Waals surface area contributed by atoms with E-state index in [2.05, 4.69) is 95.7 Å². The number of benzene rings is 3. The van der Waals surface area contributed by atoms with Gasteiger partial charge in [-0.15, -0.1) is 0 Å². The van der Waals surface area contributed by atoms with E-state index < -0.39 is 0 Å². The molecule has 26 heavy (non-hydrogen) atoms. The van der Waals surface area contributed by atoms with Crippen LogP contribution in [0.25, 0.3) is 0 Å². The Morgan fingerprint density at radius 1 is 0.654 bits per heavy atom. The molecule has 1 aliphatic rings. The first-order chi connectivity index (χ1) is 12.8. The van der Waals surface area contributed by atoms with Crippen molar-refractivity contribution in [3.63, 3.8) is 0 Å². The predicted molar refractivity (Wildman–Crippen MR) is 110 cm³/mol. The monoisotopic (exact) mass is 342 g/mol. The van der Waals surface area contributed by atoms with Crippen molar-refractivity contribution >= 4 is 11.4 Å². The molecule has 3 aromatic rings. The van der Waals surface area contributed by atoms with Crippen LogP contribution in [0.5, 0.6) is 0 Å². The first-order valence-electron chi connectivity index (χ1n) is 9.47. The summed E-state index contributed by atoms with van der Waals surface area (Å²) in [5.41, 5.74) is 6.88. The molecule has 0 saturated heterocycles. The van der Waals surface area contributed by atoms with E-state index in [9.17, 15) is 0 Å². The van der Waals surface area contributed by atoms with Gasteiger partial charge in [0.05, 0.1) is 0 Å². The molecule has 2 heteroatoms. The van der Waals surface area contributed by atoms with Crippen LogP contribution >= 0.6 is 0 Å². The van der Waals surface area contributed by atoms with Crippen LogP contribution in [-0.4, -0.2) is 25.0 Å². The highest BCUT2D eigenvalue weighted by molar-refractivity contribution is 5.68. The predicted octanol–water partition coefficient (Wildman–Crippen LogP) is 5.06. The zero-order chi connectivity index (χ0) is 17.8. The highest BCUT2D eigenvalue weighted by Crippen LogP contribution is 2.31. The summed E-state index contributed by atoms with van der Waals surface area (Å²) in [4.78, 5) is 4.95. The van der Waals surface area contributed by atoms with Gasteiger partial charge in [0, 0.05) is 38.1 Å². The third-order valence-electron chi connectivity index (χ3n) is 5.35. The van der Waals surface area contributed by atoms with Gasteiger partial charge in [0.1, 0.15) is 0 Å². The van der Waals surface area contributed by atoms with Gasteiger partial charge in [-0.2, -0.15) is 0 Å². The van der Waals surface area contributed by atoms with E-state index in [0.717, 1.165) is 32.5 Å². The summed E-state index contributed by atoms with van der Waals surface area (Å²) in [6.07, 6.45) is 2.16. The van der Waals surface area contributed by atoms with Crippen molar-refractivity contribution in [1.82, 2.24) is 4.90 Å². The quantitative estimate of drug-likeness (QED) is 0.642. The summed E-state index contributed by atoms with van der Waals surface area (Å²) in [7, 11) is 2.20. The normalized spacial score (nSPS) is 15.2. The number of para-hydroxylation sites is 2. The number of anilines is 2. The largest absolute Gasteiger partial charge is 0.344 e. The molecule has 0 fully saturated rings. The van der Waals surface area contributed by atoms with Gasteiger partial charge >= 0.3 is 0 Å². The second-order valence-electron chi connectivity index (χ2n) is 7.08. The van der Waals surface area contributed by atoms with E-state index in [1.54, 1.807) is 0 Å². The van der Waals surface area contributed by atoms with Crippen molar-refractivity contribution in [2.24, 2.45) is 0 Å². The maximum atomic E-state index is 2.59. The third-order valence-corrected chi connectivity index (χ3v) is 5.35. The first kappa shape index (κ1) is 16.9. The molecule has 0 bridgehead atoms. The number of hydrogen-bond acceptors (Lipinski definition) is 2. The van der Waals surface area contributed by atoms with Crippen LogP contribution in [0.3, 0.4) is 0 Å². The average Bonchev–Trinajstić information content (AvgIpc) is 2.70. The Morgan fingerprint density at radius 3 is 1.73 bits per heavy atom. The molecule has 0 spiro atoms. The SMILES string of the molecule is CN1c2ccccc2CCN(Cc2ccccc2)CCc2ccccc21. The summed E-state index contributed by atoms with van der Waals surface area (Å²) >= 11 is 0. The van der Waals surface area contributed by atoms with Crippen molar-refractivity contribution in [2.75, 3.05) is 25.0 Å². The van der Waals surface area contributed by atoms with Crippen LogP contribution in [0.1, 0.15) is 16.7 Å². The lowest BCUT2D eigenvalue weighted by Gasteiger charge is -2.30. The molecule has 0 aromatic heterocycles. The van der Waals surface area contributed by atoms with Crippen molar-refractivity contribution in [1.29, 1.82) is 0 Å². The van der Waals surface area contributed by atoms with Crippen molar-refractivity contribution in [2.45, 2.75) is 19.4 Å². The summed E-state index contributed by atoms with van der Waals surface area (Å²) in [5, 5.41) is 0. The lowest BCUT2D eigenvalue weighted by molar-refractivity contribution is 0.272. The second kappa shape index (κ2) is 7.76. The number of rotatable bonds is 2. The molecule has 0 saturated carbocycles. The van der Waals surface area contributed by atoms with Gasteiger partial charge in [0.25, 0.3) is 0 Å². The van der Waals surface area contributed by atoms with E-state index >= 15 is 0 Å². The zero-order valence-electron chi connectivity index (χ0n) is 15.4. The van der Waals surface area contributed by atoms with Crippen molar-refractivity contribution < 1.29 is 0 Å². The molecule has 0 unspecified atom stereocenters. The summed E-state index contributed by atoms with van der Waals surface area (Å²) in [6.45, 7) is 3.19. The van der Waals surface area contributed by atoms with Gasteiger partial charge in [-0.05, 0) is 41.7 Å². The van der Waals surface area contributed by atoms with Crippen LogP contribution in [-0.2, 0) is 19.4 Å². The smallest absolute Gasteiger partial charge is 0.0441 e. The Bertz CT molecular complexity index is 805. The molecule has 0 N–H and O–H groups in total. The van der Waals surface area contributed by atoms with Gasteiger partial charge in [0.2, 0.25) is 0 Å². The maximum Gasteiger partial charge on any atom is 0.0441 e. The molecule has 1 heterocycles. The Kier molecular flexibility index (Phi) is 5.03. The Morgan fingerprint density at radius 2 is 1.15 bits per heavy atom. The maximum absolute atomic E-state index is 2.59. The molecule has 0 radical (unpaired) electrons. The van der Waals surface area contributed by atoms with Crippen LogP contribution in [0, 0.1) is 0 Å². The minimum atomic E-state index is 1.01. The molecule has 1 aliphatic heterocycles. The fourth-order valence-corrected chi connectivity index (χ4v) is 3.90. The molecule has 4 rings (SSSR count). The average molecular weight is 342 g/mol. The Hall–Kier alpha value is -2.58. The summed E-state index contributed by atoms with van der Waals surface area (Å²) in [5.74, 6) is 0. The van der Waals surface area contributed by atoms with E-state index in [4.69, 9.17) is 0 Å². The fourth-order valence-electron chi connectivity index (χ4n) is 3.90. The van der Waals surface area contributed by atoms with E-state index in [1.165, 1.54) is 28.1 Å². The third kappa shape index (κ3) is 3.66. The minimum Gasteiger partial charge on any atom is -0.344 e. The standard InChI is InChI=1S/C24H26N2/c1-25-23-13-7-5-11-21(23)15-17-26(19-20-9-3-2-4-10-20)18-16-22-12-6-8-14-24(22)25/h2-14H,15-19H2,1H3. The summed E-state index contributed by atoms with van der Waals surface area (Å²) in [6, 6.07) is 28.5. The molecule has 0 aliphatic carbocycles. The molecule has 0 amide bonds. The molecular formula is C24H26N2. The first-order valence-corrected chi connectivity index (χ1v) is 9.47. The number of nitrogens with zero attached hydrogens (tertiary/aromatic N) is 2. The highest BCUT2D eigenvalue weighted by atomic mass is 15.1. The van der Waals surface area contributed by atoms with Crippen LogP contribution in [0.4, 0.5) is 11.4 Å². The molecule has 3 aromatic carbocycles. The van der Waals surface area contributed by atoms with Gasteiger partial charge in [0.15, 0.2) is 0 Å². The Balaban J connectivity index is 1.67. The van der Waals surface area contributed by atoms with Crippen LogP contribution in [0.15, 0.2) is 78.9 Å². The van der Waals surface area contributed by atoms with Crippen molar-refractivity contribution in [3.8, 4) is 0 Å². The van der Waals surface area contributed by atoms with Gasteiger partial charge < -0.3 is 4.90 Å². The highest BCUT2D eigenvalue weighted by Gasteiger charge is 2.16. The number of fused-ring (bicyclic) bond motifs is 2. The van der Waals surface area contributed by atoms with Crippen LogP contribution < -0.4 is 4.90 Å². The second-order valence-corrected chi connectivity index (χ2v) is 7.08. The van der Waals surface area contributed by atoms with E-state index in [0.29, 0.717) is 0 Å². The Labute approximate surface area is 156 Å². The molecular weight excluding hydrogens is 316 g/mol. The van der Waals surface area contributed by atoms with Gasteiger partial charge in [-0.25, -0.2) is 0 Å². The lowest BCUT2D eigenvalue weighted by Crippen LogP contribution is -2.29. The lowest BCUT2D eigenvalue weighted by atomic mass is 10.0. The van der Waals surface area contributed by atoms with Gasteiger partial charge in [-0.1, -0.05) is 66.7 Å². The fraction of sp³-hybridized carbons (Fsp3) is 0.250. The summed E-state index contributed by atoms with van der Waals surface area (Å²) < 4.78 is 0. The molecule has 132 valence electrons. The minimum absolute atomic E-state index is 1.01. The van der Waals surface area contributed by atoms with E-state index in [1.807, 2.05) is 0 Å². The van der Waals surface area contributed by atoms with Crippen LogP contribution in [0.2, 0.25) is 0 Å². The van der Waals surface area contributed by atoms with Crippen molar-refractivity contribution in [3.05, 3.63) is 95.6 Å². The topological polar surface area (TPSA) is 6.48 Å². The molecule has 0 atom stereocenters. The van der Waals surface area contributed by atoms with Gasteiger partial charge in [-0.3, -0.25) is 4.90 Å². The van der Waals surface area contributed by atoms with E-state index in [-0.39, 0.29) is 0 Å². The zero-order valence-corrected chi connectivity index (χ0v) is 15.4. The molecule has 2 nitrogen and oxygen atoms in total. The number of hydrogen-bond donors (Lipinski definition) is 0.